The van der Waals surface area contributed by atoms with Crippen molar-refractivity contribution in [3.63, 3.8) is 0 Å². The van der Waals surface area contributed by atoms with Crippen LogP contribution in [-0.2, 0) is 9.59 Å². The predicted molar refractivity (Wildman–Crippen MR) is 50.0 cm³/mol. The third kappa shape index (κ3) is 2.29. The van der Waals surface area contributed by atoms with Gasteiger partial charge in [-0.25, -0.2) is 0 Å². The van der Waals surface area contributed by atoms with Crippen molar-refractivity contribution in [2.24, 2.45) is 5.92 Å². The molecule has 1 rings (SSSR count). The van der Waals surface area contributed by atoms with Gasteiger partial charge in [0.15, 0.2) is 0 Å². The first-order chi connectivity index (χ1) is 6.16. The molecule has 1 aliphatic heterocycles. The van der Waals surface area contributed by atoms with Crippen LogP contribution in [0.3, 0.4) is 0 Å². The van der Waals surface area contributed by atoms with E-state index in [1.165, 1.54) is 4.90 Å². The largest absolute Gasteiger partial charge is 0.285 e. The van der Waals surface area contributed by atoms with E-state index in [-0.39, 0.29) is 17.7 Å². The number of amides is 2. The van der Waals surface area contributed by atoms with Gasteiger partial charge < -0.3 is 0 Å². The Morgan fingerprint density at radius 2 is 2.08 bits per heavy atom. The van der Waals surface area contributed by atoms with Crippen molar-refractivity contribution in [1.29, 1.82) is 0 Å². The van der Waals surface area contributed by atoms with E-state index < -0.39 is 0 Å². The fourth-order valence-electron chi connectivity index (χ4n) is 1.70. The van der Waals surface area contributed by atoms with Crippen molar-refractivity contribution >= 4 is 11.8 Å². The zero-order valence-electron chi connectivity index (χ0n) is 8.38. The highest BCUT2D eigenvalue weighted by atomic mass is 16.2. The number of likely N-dealkylation sites (tertiary alicyclic amines) is 1. The molecule has 0 spiro atoms. The fraction of sp³-hybridized carbons (Fsp3) is 0.800. The first kappa shape index (κ1) is 10.2. The van der Waals surface area contributed by atoms with Gasteiger partial charge >= 0.3 is 0 Å². The van der Waals surface area contributed by atoms with E-state index in [1.54, 1.807) is 7.05 Å². The Bertz CT molecular complexity index is 213. The van der Waals surface area contributed by atoms with E-state index in [0.29, 0.717) is 6.42 Å². The quantitative estimate of drug-likeness (QED) is 0.490. The Morgan fingerprint density at radius 3 is 2.54 bits per heavy atom. The molecule has 13 heavy (non-hydrogen) atoms. The van der Waals surface area contributed by atoms with E-state index in [9.17, 15) is 9.59 Å². The van der Waals surface area contributed by atoms with Gasteiger partial charge in [-0.05, 0) is 6.42 Å². The predicted octanol–water partition coefficient (Wildman–Crippen LogP) is 1.57. The molecule has 1 saturated heterocycles. The van der Waals surface area contributed by atoms with Crippen molar-refractivity contribution in [3.8, 4) is 0 Å². The molecule has 0 radical (unpaired) electrons. The van der Waals surface area contributed by atoms with Crippen LogP contribution in [0.1, 0.15) is 39.0 Å². The minimum Gasteiger partial charge on any atom is -0.285 e. The molecule has 0 aromatic carbocycles. The lowest BCUT2D eigenvalue weighted by Crippen LogP contribution is -2.25. The Balaban J connectivity index is 2.36. The summed E-state index contributed by atoms with van der Waals surface area (Å²) in [7, 11) is 1.57. The van der Waals surface area contributed by atoms with Crippen LogP contribution in [0.5, 0.6) is 0 Å². The van der Waals surface area contributed by atoms with Crippen molar-refractivity contribution in [2.75, 3.05) is 7.05 Å². The number of hydrogen-bond donors (Lipinski definition) is 0. The second-order valence-electron chi connectivity index (χ2n) is 3.69. The Hall–Kier alpha value is -0.860. The first-order valence-corrected chi connectivity index (χ1v) is 4.97. The Kier molecular flexibility index (Phi) is 3.46. The molecule has 0 aliphatic carbocycles. The molecule has 1 fully saturated rings. The van der Waals surface area contributed by atoms with E-state index in [0.717, 1.165) is 25.7 Å². The van der Waals surface area contributed by atoms with E-state index in [4.69, 9.17) is 0 Å². The SMILES string of the molecule is CCCCCC1CC(=O)N(C)C1=O. The van der Waals surface area contributed by atoms with Crippen molar-refractivity contribution in [3.05, 3.63) is 0 Å². The molecule has 1 heterocycles. The van der Waals surface area contributed by atoms with Gasteiger partial charge in [0, 0.05) is 19.4 Å². The van der Waals surface area contributed by atoms with Crippen LogP contribution >= 0.6 is 0 Å². The maximum absolute atomic E-state index is 11.4. The molecule has 0 saturated carbocycles. The zero-order chi connectivity index (χ0) is 9.84. The lowest BCUT2D eigenvalue weighted by Gasteiger charge is -2.07. The second-order valence-corrected chi connectivity index (χ2v) is 3.69. The minimum absolute atomic E-state index is 0.0149. The smallest absolute Gasteiger partial charge is 0.232 e. The summed E-state index contributed by atoms with van der Waals surface area (Å²) >= 11 is 0. The summed E-state index contributed by atoms with van der Waals surface area (Å²) < 4.78 is 0. The van der Waals surface area contributed by atoms with Crippen molar-refractivity contribution < 1.29 is 9.59 Å². The third-order valence-corrected chi connectivity index (χ3v) is 2.63. The molecule has 1 unspecified atom stereocenters. The number of unbranched alkanes of at least 4 members (excludes halogenated alkanes) is 2. The Labute approximate surface area is 79.1 Å². The van der Waals surface area contributed by atoms with Gasteiger partial charge in [0.25, 0.3) is 0 Å². The topological polar surface area (TPSA) is 37.4 Å². The van der Waals surface area contributed by atoms with Crippen LogP contribution in [0.2, 0.25) is 0 Å². The molecule has 74 valence electrons. The molecule has 0 bridgehead atoms. The van der Waals surface area contributed by atoms with E-state index >= 15 is 0 Å². The maximum atomic E-state index is 11.4. The van der Waals surface area contributed by atoms with Crippen LogP contribution in [-0.4, -0.2) is 23.8 Å². The van der Waals surface area contributed by atoms with Gasteiger partial charge in [-0.15, -0.1) is 0 Å². The standard InChI is InChI=1S/C10H17NO2/c1-3-4-5-6-8-7-9(12)11(2)10(8)13/h8H,3-7H2,1-2H3. The molecule has 2 amide bonds. The summed E-state index contributed by atoms with van der Waals surface area (Å²) in [6.07, 6.45) is 4.68. The summed E-state index contributed by atoms with van der Waals surface area (Å²) in [5, 5.41) is 0. The number of imide groups is 1. The van der Waals surface area contributed by atoms with E-state index in [1.807, 2.05) is 0 Å². The molecule has 1 atom stereocenters. The highest BCUT2D eigenvalue weighted by molar-refractivity contribution is 6.03. The molecular weight excluding hydrogens is 166 g/mol. The average Bonchev–Trinajstić information content (AvgIpc) is 2.34. The lowest BCUT2D eigenvalue weighted by atomic mass is 10.00. The minimum atomic E-state index is -0.0240. The van der Waals surface area contributed by atoms with Crippen LogP contribution in [0, 0.1) is 5.92 Å². The van der Waals surface area contributed by atoms with Gasteiger partial charge in [0.05, 0.1) is 0 Å². The lowest BCUT2D eigenvalue weighted by molar-refractivity contribution is -0.137. The normalized spacial score (nSPS) is 22.9. The fourth-order valence-corrected chi connectivity index (χ4v) is 1.70. The number of nitrogens with zero attached hydrogens (tertiary/aromatic N) is 1. The average molecular weight is 183 g/mol. The molecule has 3 heteroatoms. The molecule has 0 N–H and O–H groups in total. The number of carbonyl (C=O) groups is 2. The summed E-state index contributed by atoms with van der Waals surface area (Å²) in [6, 6.07) is 0. The summed E-state index contributed by atoms with van der Waals surface area (Å²) in [6.45, 7) is 2.13. The Morgan fingerprint density at radius 1 is 1.38 bits per heavy atom. The van der Waals surface area contributed by atoms with Crippen LogP contribution in [0.15, 0.2) is 0 Å². The van der Waals surface area contributed by atoms with Gasteiger partial charge in [0.2, 0.25) is 11.8 Å². The van der Waals surface area contributed by atoms with Gasteiger partial charge in [0.1, 0.15) is 0 Å². The van der Waals surface area contributed by atoms with Crippen LogP contribution in [0.4, 0.5) is 0 Å². The first-order valence-electron chi connectivity index (χ1n) is 4.97. The summed E-state index contributed by atoms with van der Waals surface area (Å²) in [5.41, 5.74) is 0. The van der Waals surface area contributed by atoms with Crippen molar-refractivity contribution in [1.82, 2.24) is 4.90 Å². The number of carbonyl (C=O) groups excluding carboxylic acids is 2. The van der Waals surface area contributed by atoms with Gasteiger partial charge in [-0.2, -0.15) is 0 Å². The third-order valence-electron chi connectivity index (χ3n) is 2.63. The monoisotopic (exact) mass is 183 g/mol. The van der Waals surface area contributed by atoms with Crippen LogP contribution in [0.25, 0.3) is 0 Å². The molecular formula is C10H17NO2. The second kappa shape index (κ2) is 4.40. The zero-order valence-corrected chi connectivity index (χ0v) is 8.38. The van der Waals surface area contributed by atoms with Gasteiger partial charge in [-0.3, -0.25) is 14.5 Å². The molecule has 3 nitrogen and oxygen atoms in total. The molecule has 1 aliphatic rings. The number of rotatable bonds is 4. The summed E-state index contributed by atoms with van der Waals surface area (Å²) in [4.78, 5) is 23.8. The highest BCUT2D eigenvalue weighted by Crippen LogP contribution is 2.23. The highest BCUT2D eigenvalue weighted by Gasteiger charge is 2.34. The summed E-state index contributed by atoms with van der Waals surface area (Å²) in [5.74, 6) is -0.0309. The van der Waals surface area contributed by atoms with E-state index in [2.05, 4.69) is 6.92 Å². The van der Waals surface area contributed by atoms with Crippen LogP contribution < -0.4 is 0 Å². The molecule has 0 aromatic rings. The van der Waals surface area contributed by atoms with Gasteiger partial charge in [-0.1, -0.05) is 26.2 Å². The molecule has 0 aromatic heterocycles. The number of hydrogen-bond acceptors (Lipinski definition) is 2. The maximum Gasteiger partial charge on any atom is 0.232 e. The van der Waals surface area contributed by atoms with Crippen molar-refractivity contribution in [2.45, 2.75) is 39.0 Å².